The average Bonchev–Trinajstić information content (AvgIpc) is 2.96. The Labute approximate surface area is 219 Å². The van der Waals surface area contributed by atoms with Gasteiger partial charge in [-0.2, -0.15) is 0 Å². The molecule has 3 amide bonds. The van der Waals surface area contributed by atoms with E-state index < -0.39 is 11.8 Å². The minimum absolute atomic E-state index is 0.0369. The number of aromatic nitrogens is 2. The highest BCUT2D eigenvalue weighted by Crippen LogP contribution is 2.10. The van der Waals surface area contributed by atoms with Crippen LogP contribution in [0.25, 0.3) is 0 Å². The van der Waals surface area contributed by atoms with Gasteiger partial charge in [-0.15, -0.1) is 0 Å². The molecule has 0 saturated heterocycles. The Balaban J connectivity index is 1.28. The maximum absolute atomic E-state index is 13.4. The molecular formula is C29H26FN5O3. The van der Waals surface area contributed by atoms with E-state index in [0.717, 1.165) is 23.0 Å². The summed E-state index contributed by atoms with van der Waals surface area (Å²) in [4.78, 5) is 45.4. The fourth-order valence-electron chi connectivity index (χ4n) is 3.62. The van der Waals surface area contributed by atoms with Gasteiger partial charge in [0.1, 0.15) is 23.5 Å². The lowest BCUT2D eigenvalue weighted by Crippen LogP contribution is -2.27. The molecule has 0 spiro atoms. The summed E-state index contributed by atoms with van der Waals surface area (Å²) in [6.45, 7) is 2.47. The fourth-order valence-corrected chi connectivity index (χ4v) is 3.62. The van der Waals surface area contributed by atoms with Crippen molar-refractivity contribution in [1.29, 1.82) is 0 Å². The van der Waals surface area contributed by atoms with E-state index in [-0.39, 0.29) is 36.2 Å². The van der Waals surface area contributed by atoms with Crippen LogP contribution in [-0.2, 0) is 19.6 Å². The van der Waals surface area contributed by atoms with Gasteiger partial charge >= 0.3 is 0 Å². The summed E-state index contributed by atoms with van der Waals surface area (Å²) < 4.78 is 13.4. The molecule has 0 unspecified atom stereocenters. The maximum atomic E-state index is 13.4. The molecule has 0 bridgehead atoms. The highest BCUT2D eigenvalue weighted by atomic mass is 19.1. The molecule has 0 saturated carbocycles. The predicted octanol–water partition coefficient (Wildman–Crippen LogP) is 3.71. The molecular weight excluding hydrogens is 485 g/mol. The molecule has 9 heteroatoms. The van der Waals surface area contributed by atoms with Gasteiger partial charge in [0, 0.05) is 31.3 Å². The minimum atomic E-state index is -0.482. The van der Waals surface area contributed by atoms with Crippen LogP contribution >= 0.6 is 0 Å². The molecule has 192 valence electrons. The largest absolute Gasteiger partial charge is 0.348 e. The molecule has 0 atom stereocenters. The number of hydrogen-bond acceptors (Lipinski definition) is 5. The number of aryl methyl sites for hydroxylation is 1. The van der Waals surface area contributed by atoms with Crippen molar-refractivity contribution in [3.05, 3.63) is 130 Å². The van der Waals surface area contributed by atoms with Crippen molar-refractivity contribution in [2.75, 3.05) is 0 Å². The molecule has 0 aliphatic carbocycles. The van der Waals surface area contributed by atoms with Crippen LogP contribution in [0, 0.1) is 12.7 Å². The van der Waals surface area contributed by atoms with Gasteiger partial charge in [0.15, 0.2) is 0 Å². The van der Waals surface area contributed by atoms with Crippen LogP contribution in [0.3, 0.4) is 0 Å². The second-order valence-corrected chi connectivity index (χ2v) is 8.60. The molecule has 38 heavy (non-hydrogen) atoms. The number of amides is 3. The first-order valence-electron chi connectivity index (χ1n) is 11.9. The quantitative estimate of drug-likeness (QED) is 0.317. The van der Waals surface area contributed by atoms with E-state index in [1.807, 2.05) is 30.3 Å². The zero-order chi connectivity index (χ0) is 26.9. The number of carbonyl (C=O) groups excluding carboxylic acids is 3. The minimum Gasteiger partial charge on any atom is -0.348 e. The SMILES string of the molecule is Cc1cc(CNC(=O)c2cc(C(=O)NCc3ccc(C(=O)NCc4ccccc4)cc3)ncn2)ccc1F. The second kappa shape index (κ2) is 12.4. The first-order chi connectivity index (χ1) is 18.4. The molecule has 8 nitrogen and oxygen atoms in total. The zero-order valence-electron chi connectivity index (χ0n) is 20.7. The first-order valence-corrected chi connectivity index (χ1v) is 11.9. The monoisotopic (exact) mass is 511 g/mol. The number of nitrogens with one attached hydrogen (secondary N) is 3. The number of halogens is 1. The number of carbonyl (C=O) groups is 3. The Hall–Kier alpha value is -4.92. The van der Waals surface area contributed by atoms with Crippen LogP contribution in [-0.4, -0.2) is 27.7 Å². The molecule has 4 rings (SSSR count). The number of rotatable bonds is 9. The van der Waals surface area contributed by atoms with E-state index in [2.05, 4.69) is 25.9 Å². The topological polar surface area (TPSA) is 113 Å². The van der Waals surface area contributed by atoms with E-state index in [1.165, 1.54) is 12.1 Å². The molecule has 0 fully saturated rings. The second-order valence-electron chi connectivity index (χ2n) is 8.60. The summed E-state index contributed by atoms with van der Waals surface area (Å²) >= 11 is 0. The zero-order valence-corrected chi connectivity index (χ0v) is 20.7. The van der Waals surface area contributed by atoms with Gasteiger partial charge in [0.05, 0.1) is 0 Å². The predicted molar refractivity (Wildman–Crippen MR) is 140 cm³/mol. The van der Waals surface area contributed by atoms with Crippen molar-refractivity contribution in [2.45, 2.75) is 26.6 Å². The number of nitrogens with zero attached hydrogens (tertiary/aromatic N) is 2. The summed E-state index contributed by atoms with van der Waals surface area (Å²) in [5, 5.41) is 8.32. The lowest BCUT2D eigenvalue weighted by atomic mass is 10.1. The first kappa shape index (κ1) is 26.2. The van der Waals surface area contributed by atoms with Crippen molar-refractivity contribution in [2.24, 2.45) is 0 Å². The molecule has 0 radical (unpaired) electrons. The van der Waals surface area contributed by atoms with Crippen molar-refractivity contribution >= 4 is 17.7 Å². The molecule has 0 aliphatic heterocycles. The Morgan fingerprint density at radius 3 is 1.79 bits per heavy atom. The van der Waals surface area contributed by atoms with Gasteiger partial charge < -0.3 is 16.0 Å². The highest BCUT2D eigenvalue weighted by molar-refractivity contribution is 5.97. The van der Waals surface area contributed by atoms with E-state index >= 15 is 0 Å². The summed E-state index contributed by atoms with van der Waals surface area (Å²) in [7, 11) is 0. The van der Waals surface area contributed by atoms with Crippen molar-refractivity contribution < 1.29 is 18.8 Å². The van der Waals surface area contributed by atoms with Gasteiger partial charge in [-0.3, -0.25) is 14.4 Å². The van der Waals surface area contributed by atoms with Gasteiger partial charge in [-0.1, -0.05) is 54.6 Å². The van der Waals surface area contributed by atoms with Crippen molar-refractivity contribution in [3.63, 3.8) is 0 Å². The van der Waals surface area contributed by atoms with Gasteiger partial charge in [-0.25, -0.2) is 14.4 Å². The standard InChI is InChI=1S/C29H26FN5O3/c1-19-13-22(9-12-24(19)30)17-33-29(38)26-14-25(34-18-35-26)28(37)32-16-21-7-10-23(11-8-21)27(36)31-15-20-5-3-2-4-6-20/h2-14,18H,15-17H2,1H3,(H,31,36)(H,32,37)(H,33,38). The smallest absolute Gasteiger partial charge is 0.270 e. The number of hydrogen-bond donors (Lipinski definition) is 3. The van der Waals surface area contributed by atoms with E-state index in [4.69, 9.17) is 0 Å². The number of benzene rings is 3. The molecule has 3 aromatic carbocycles. The summed E-state index contributed by atoms with van der Waals surface area (Å²) in [6.07, 6.45) is 1.15. The third-order valence-corrected chi connectivity index (χ3v) is 5.77. The van der Waals surface area contributed by atoms with E-state index in [1.54, 1.807) is 43.3 Å². The van der Waals surface area contributed by atoms with Gasteiger partial charge in [0.25, 0.3) is 17.7 Å². The van der Waals surface area contributed by atoms with Gasteiger partial charge in [-0.05, 0) is 47.4 Å². The van der Waals surface area contributed by atoms with Gasteiger partial charge in [0.2, 0.25) is 0 Å². The van der Waals surface area contributed by atoms with Crippen LogP contribution in [0.4, 0.5) is 4.39 Å². The van der Waals surface area contributed by atoms with Crippen molar-refractivity contribution in [3.8, 4) is 0 Å². The Bertz CT molecular complexity index is 1440. The lowest BCUT2D eigenvalue weighted by Gasteiger charge is -2.09. The summed E-state index contributed by atoms with van der Waals surface area (Å²) in [6, 6.07) is 22.4. The molecule has 4 aromatic rings. The normalized spacial score (nSPS) is 10.5. The van der Waals surface area contributed by atoms with Crippen LogP contribution < -0.4 is 16.0 Å². The van der Waals surface area contributed by atoms with Crippen LogP contribution in [0.5, 0.6) is 0 Å². The van der Waals surface area contributed by atoms with Crippen molar-refractivity contribution in [1.82, 2.24) is 25.9 Å². The Morgan fingerprint density at radius 2 is 1.18 bits per heavy atom. The molecule has 1 heterocycles. The Kier molecular flexibility index (Phi) is 8.50. The highest BCUT2D eigenvalue weighted by Gasteiger charge is 2.14. The maximum Gasteiger partial charge on any atom is 0.270 e. The van der Waals surface area contributed by atoms with E-state index in [0.29, 0.717) is 17.7 Å². The van der Waals surface area contributed by atoms with Crippen LogP contribution in [0.1, 0.15) is 53.6 Å². The fraction of sp³-hybridized carbons (Fsp3) is 0.138. The Morgan fingerprint density at radius 1 is 0.658 bits per heavy atom. The summed E-state index contributed by atoms with van der Waals surface area (Å²) in [5.74, 6) is -1.46. The van der Waals surface area contributed by atoms with Crippen LogP contribution in [0.15, 0.2) is 85.2 Å². The third-order valence-electron chi connectivity index (χ3n) is 5.77. The van der Waals surface area contributed by atoms with Crippen LogP contribution in [0.2, 0.25) is 0 Å². The average molecular weight is 512 g/mol. The molecule has 1 aromatic heterocycles. The summed E-state index contributed by atoms with van der Waals surface area (Å²) in [5.41, 5.74) is 3.61. The van der Waals surface area contributed by atoms with E-state index in [9.17, 15) is 18.8 Å². The third kappa shape index (κ3) is 7.07. The lowest BCUT2D eigenvalue weighted by molar-refractivity contribution is 0.0935. The molecule has 3 N–H and O–H groups in total. The molecule has 0 aliphatic rings.